The lowest BCUT2D eigenvalue weighted by Gasteiger charge is -2.15. The van der Waals surface area contributed by atoms with Crippen LogP contribution in [0.1, 0.15) is 42.1 Å². The number of pyridine rings is 1. The predicted octanol–water partition coefficient (Wildman–Crippen LogP) is 4.17. The van der Waals surface area contributed by atoms with Gasteiger partial charge in [0.2, 0.25) is 5.88 Å². The van der Waals surface area contributed by atoms with Gasteiger partial charge >= 0.3 is 5.69 Å². The SMILES string of the molecule is Cc1cc(C)cc(Oc2[nH]c(=O)n(Cc3cccc(Cl)n3)c(=O)c2C(C)C)c1. The van der Waals surface area contributed by atoms with E-state index in [0.717, 1.165) is 15.7 Å². The number of benzene rings is 1. The zero-order valence-electron chi connectivity index (χ0n) is 16.2. The Morgan fingerprint density at radius 1 is 1.14 bits per heavy atom. The van der Waals surface area contributed by atoms with Gasteiger partial charge in [-0.2, -0.15) is 0 Å². The van der Waals surface area contributed by atoms with E-state index in [1.54, 1.807) is 18.2 Å². The fourth-order valence-corrected chi connectivity index (χ4v) is 3.29. The van der Waals surface area contributed by atoms with Crippen molar-refractivity contribution < 1.29 is 4.74 Å². The smallest absolute Gasteiger partial charge is 0.331 e. The normalized spacial score (nSPS) is 11.1. The Hall–Kier alpha value is -2.86. The van der Waals surface area contributed by atoms with E-state index < -0.39 is 11.2 Å². The molecule has 1 aromatic carbocycles. The van der Waals surface area contributed by atoms with Crippen molar-refractivity contribution >= 4 is 11.6 Å². The number of H-pyrrole nitrogens is 1. The fraction of sp³-hybridized carbons (Fsp3) is 0.286. The molecule has 6 nitrogen and oxygen atoms in total. The molecule has 0 spiro atoms. The molecule has 0 amide bonds. The number of aromatic nitrogens is 3. The summed E-state index contributed by atoms with van der Waals surface area (Å²) in [6.45, 7) is 7.71. The summed E-state index contributed by atoms with van der Waals surface area (Å²) in [5.74, 6) is 0.595. The molecule has 0 saturated carbocycles. The van der Waals surface area contributed by atoms with Crippen LogP contribution in [-0.2, 0) is 6.54 Å². The lowest BCUT2D eigenvalue weighted by Crippen LogP contribution is -2.38. The molecule has 28 heavy (non-hydrogen) atoms. The topological polar surface area (TPSA) is 77.0 Å². The molecule has 3 aromatic rings. The van der Waals surface area contributed by atoms with E-state index in [1.807, 2.05) is 45.9 Å². The van der Waals surface area contributed by atoms with Crippen molar-refractivity contribution in [3.05, 3.63) is 84.8 Å². The van der Waals surface area contributed by atoms with Gasteiger partial charge in [0.05, 0.1) is 17.8 Å². The molecule has 2 aromatic heterocycles. The highest BCUT2D eigenvalue weighted by atomic mass is 35.5. The van der Waals surface area contributed by atoms with E-state index in [2.05, 4.69) is 9.97 Å². The number of nitrogens with zero attached hydrogens (tertiary/aromatic N) is 2. The minimum Gasteiger partial charge on any atom is -0.440 e. The van der Waals surface area contributed by atoms with Gasteiger partial charge < -0.3 is 4.74 Å². The molecule has 0 atom stereocenters. The second kappa shape index (κ2) is 8.02. The van der Waals surface area contributed by atoms with Gasteiger partial charge in [-0.15, -0.1) is 0 Å². The van der Waals surface area contributed by atoms with Crippen molar-refractivity contribution in [2.75, 3.05) is 0 Å². The summed E-state index contributed by atoms with van der Waals surface area (Å²) in [5.41, 5.74) is 2.03. The fourth-order valence-electron chi connectivity index (χ4n) is 3.11. The van der Waals surface area contributed by atoms with Crippen LogP contribution in [0, 0.1) is 13.8 Å². The van der Waals surface area contributed by atoms with E-state index in [0.29, 0.717) is 22.2 Å². The highest BCUT2D eigenvalue weighted by Gasteiger charge is 2.19. The number of hydrogen-bond donors (Lipinski definition) is 1. The third-order valence-electron chi connectivity index (χ3n) is 4.27. The van der Waals surface area contributed by atoms with Crippen molar-refractivity contribution in [1.82, 2.24) is 14.5 Å². The molecule has 7 heteroatoms. The lowest BCUT2D eigenvalue weighted by molar-refractivity contribution is 0.439. The molecule has 1 N–H and O–H groups in total. The van der Waals surface area contributed by atoms with Gasteiger partial charge in [-0.25, -0.2) is 9.78 Å². The maximum absolute atomic E-state index is 13.1. The van der Waals surface area contributed by atoms with Gasteiger partial charge in [0.15, 0.2) is 0 Å². The van der Waals surface area contributed by atoms with E-state index in [9.17, 15) is 9.59 Å². The number of nitrogens with one attached hydrogen (secondary N) is 1. The summed E-state index contributed by atoms with van der Waals surface area (Å²) in [5, 5.41) is 0.306. The molecule has 3 rings (SSSR count). The van der Waals surface area contributed by atoms with E-state index in [1.165, 1.54) is 0 Å². The van der Waals surface area contributed by atoms with Crippen LogP contribution < -0.4 is 16.0 Å². The first kappa shape index (κ1) is 19.9. The Labute approximate surface area is 167 Å². The summed E-state index contributed by atoms with van der Waals surface area (Å²) in [6, 6.07) is 10.8. The van der Waals surface area contributed by atoms with Gasteiger partial charge in [-0.3, -0.25) is 14.3 Å². The molecule has 0 aliphatic rings. The molecule has 0 radical (unpaired) electrons. The number of halogens is 1. The summed E-state index contributed by atoms with van der Waals surface area (Å²) in [7, 11) is 0. The maximum atomic E-state index is 13.1. The van der Waals surface area contributed by atoms with Gasteiger partial charge in [0.25, 0.3) is 5.56 Å². The highest BCUT2D eigenvalue weighted by Crippen LogP contribution is 2.26. The molecule has 0 unspecified atom stereocenters. The van der Waals surface area contributed by atoms with Crippen LogP contribution in [0.3, 0.4) is 0 Å². The zero-order valence-corrected chi connectivity index (χ0v) is 17.0. The summed E-state index contributed by atoms with van der Waals surface area (Å²) >= 11 is 5.91. The molecule has 0 saturated heterocycles. The summed E-state index contributed by atoms with van der Waals surface area (Å²) in [6.07, 6.45) is 0. The van der Waals surface area contributed by atoms with Crippen molar-refractivity contribution in [3.8, 4) is 11.6 Å². The van der Waals surface area contributed by atoms with Gasteiger partial charge in [0.1, 0.15) is 10.9 Å². The van der Waals surface area contributed by atoms with Crippen LogP contribution in [0.15, 0.2) is 46.0 Å². The Morgan fingerprint density at radius 3 is 2.43 bits per heavy atom. The van der Waals surface area contributed by atoms with Crippen molar-refractivity contribution in [2.24, 2.45) is 0 Å². The summed E-state index contributed by atoms with van der Waals surface area (Å²) < 4.78 is 7.03. The average Bonchev–Trinajstić information content (AvgIpc) is 2.57. The van der Waals surface area contributed by atoms with Gasteiger partial charge in [-0.1, -0.05) is 37.6 Å². The number of hydrogen-bond acceptors (Lipinski definition) is 4. The third kappa shape index (κ3) is 4.34. The number of ether oxygens (including phenoxy) is 1. The van der Waals surface area contributed by atoms with Crippen LogP contribution in [0.2, 0.25) is 5.15 Å². The highest BCUT2D eigenvalue weighted by molar-refractivity contribution is 6.29. The average molecular weight is 400 g/mol. The lowest BCUT2D eigenvalue weighted by atomic mass is 10.1. The Bertz CT molecular complexity index is 1110. The number of aryl methyl sites for hydroxylation is 2. The molecular formula is C21H22ClN3O3. The minimum absolute atomic E-state index is 0.0261. The molecule has 0 fully saturated rings. The van der Waals surface area contributed by atoms with E-state index in [-0.39, 0.29) is 18.3 Å². The van der Waals surface area contributed by atoms with Crippen LogP contribution in [0.4, 0.5) is 0 Å². The molecular weight excluding hydrogens is 378 g/mol. The largest absolute Gasteiger partial charge is 0.440 e. The quantitative estimate of drug-likeness (QED) is 0.653. The maximum Gasteiger partial charge on any atom is 0.331 e. The van der Waals surface area contributed by atoms with E-state index in [4.69, 9.17) is 16.3 Å². The first-order chi connectivity index (χ1) is 13.2. The first-order valence-corrected chi connectivity index (χ1v) is 9.37. The third-order valence-corrected chi connectivity index (χ3v) is 4.48. The minimum atomic E-state index is -0.560. The van der Waals surface area contributed by atoms with Crippen LogP contribution in [0.5, 0.6) is 11.6 Å². The van der Waals surface area contributed by atoms with Gasteiger partial charge in [0, 0.05) is 0 Å². The second-order valence-corrected chi connectivity index (χ2v) is 7.48. The molecule has 146 valence electrons. The van der Waals surface area contributed by atoms with Crippen molar-refractivity contribution in [2.45, 2.75) is 40.2 Å². The number of aromatic amines is 1. The monoisotopic (exact) mass is 399 g/mol. The van der Waals surface area contributed by atoms with E-state index >= 15 is 0 Å². The second-order valence-electron chi connectivity index (χ2n) is 7.10. The van der Waals surface area contributed by atoms with Crippen molar-refractivity contribution in [1.29, 1.82) is 0 Å². The van der Waals surface area contributed by atoms with Crippen LogP contribution >= 0.6 is 11.6 Å². The van der Waals surface area contributed by atoms with Crippen LogP contribution in [0.25, 0.3) is 0 Å². The van der Waals surface area contributed by atoms with Gasteiger partial charge in [-0.05, 0) is 55.2 Å². The molecule has 2 heterocycles. The standard InChI is InChI=1S/C21H22ClN3O3/c1-12(2)18-19(28-16-9-13(3)8-14(4)10-16)24-21(27)25(20(18)26)11-15-6-5-7-17(22)23-15/h5-10,12H,11H2,1-4H3,(H,24,27). The Balaban J connectivity index is 2.07. The summed E-state index contributed by atoms with van der Waals surface area (Å²) in [4.78, 5) is 32.6. The zero-order chi connectivity index (χ0) is 20.4. The molecule has 0 bridgehead atoms. The Morgan fingerprint density at radius 2 is 1.82 bits per heavy atom. The first-order valence-electron chi connectivity index (χ1n) is 8.99. The molecule has 0 aliphatic heterocycles. The van der Waals surface area contributed by atoms with Crippen LogP contribution in [-0.4, -0.2) is 14.5 Å². The Kier molecular flexibility index (Phi) is 5.70. The van der Waals surface area contributed by atoms with Crippen molar-refractivity contribution in [3.63, 3.8) is 0 Å². The molecule has 0 aliphatic carbocycles. The number of rotatable bonds is 5. The predicted molar refractivity (Wildman–Crippen MR) is 110 cm³/mol.